The number of amides is 1. The van der Waals surface area contributed by atoms with Crippen molar-refractivity contribution in [2.24, 2.45) is 0 Å². The van der Waals surface area contributed by atoms with Gasteiger partial charge in [0, 0.05) is 18.7 Å². The molecule has 1 heterocycles. The largest absolute Gasteiger partial charge is 0.507 e. The number of aliphatic hydroxyl groups excluding tert-OH is 1. The average molecular weight is 481 g/mol. The summed E-state index contributed by atoms with van der Waals surface area (Å²) in [7, 11) is 1.56. The smallest absolute Gasteiger partial charge is 0.295 e. The maximum atomic E-state index is 13.2. The van der Waals surface area contributed by atoms with Crippen LogP contribution in [0.15, 0.2) is 48.0 Å². The minimum Gasteiger partial charge on any atom is -0.507 e. The molecule has 2 aromatic carbocycles. The van der Waals surface area contributed by atoms with Gasteiger partial charge in [-0.1, -0.05) is 56.7 Å². The van der Waals surface area contributed by atoms with Crippen molar-refractivity contribution in [3.8, 4) is 11.5 Å². The molecule has 0 bridgehead atoms. The van der Waals surface area contributed by atoms with Gasteiger partial charge in [-0.15, -0.1) is 0 Å². The molecule has 0 radical (unpaired) electrons. The van der Waals surface area contributed by atoms with Crippen LogP contribution in [0.4, 0.5) is 0 Å². The number of nitrogens with zero attached hydrogens (tertiary/aromatic N) is 2. The van der Waals surface area contributed by atoms with Crippen molar-refractivity contribution in [2.75, 3.05) is 39.9 Å². The van der Waals surface area contributed by atoms with E-state index in [2.05, 4.69) is 18.7 Å². The summed E-state index contributed by atoms with van der Waals surface area (Å²) >= 11 is 0. The maximum Gasteiger partial charge on any atom is 0.295 e. The van der Waals surface area contributed by atoms with E-state index in [4.69, 9.17) is 9.47 Å². The Hall–Kier alpha value is -3.32. The van der Waals surface area contributed by atoms with E-state index in [1.54, 1.807) is 36.3 Å². The molecule has 1 aliphatic heterocycles. The number of hydrogen-bond donors (Lipinski definition) is 1. The van der Waals surface area contributed by atoms with Crippen molar-refractivity contribution in [3.05, 3.63) is 64.7 Å². The van der Waals surface area contributed by atoms with Crippen LogP contribution in [-0.2, 0) is 9.59 Å². The number of ether oxygens (including phenoxy) is 2. The van der Waals surface area contributed by atoms with Crippen LogP contribution in [0, 0.1) is 6.92 Å². The fraction of sp³-hybridized carbons (Fsp3) is 0.429. The Morgan fingerprint density at radius 1 is 1.03 bits per heavy atom. The number of rotatable bonds is 11. The number of hydrogen-bond acceptors (Lipinski definition) is 6. The number of carbonyl (C=O) groups is 2. The zero-order chi connectivity index (χ0) is 25.5. The Kier molecular flexibility index (Phi) is 8.93. The van der Waals surface area contributed by atoms with E-state index in [1.807, 2.05) is 32.0 Å². The number of likely N-dealkylation sites (N-methyl/N-ethyl adjacent to an activating group) is 1. The number of aliphatic hydroxyl groups is 1. The first-order valence-electron chi connectivity index (χ1n) is 12.2. The highest BCUT2D eigenvalue weighted by Gasteiger charge is 2.46. The first-order chi connectivity index (χ1) is 16.9. The Bertz CT molecular complexity index is 1070. The number of ketones is 1. The van der Waals surface area contributed by atoms with Gasteiger partial charge in [-0.05, 0) is 44.1 Å². The summed E-state index contributed by atoms with van der Waals surface area (Å²) in [5, 5.41) is 11.2. The van der Waals surface area contributed by atoms with E-state index in [0.29, 0.717) is 42.3 Å². The number of methoxy groups -OCH3 is 1. The third-order valence-corrected chi connectivity index (χ3v) is 6.38. The summed E-state index contributed by atoms with van der Waals surface area (Å²) in [4.78, 5) is 30.2. The second-order valence-electron chi connectivity index (χ2n) is 8.64. The Balaban J connectivity index is 2.12. The minimum absolute atomic E-state index is 0.0858. The van der Waals surface area contributed by atoms with Crippen LogP contribution in [0.3, 0.4) is 0 Å². The Morgan fingerprint density at radius 2 is 1.71 bits per heavy atom. The minimum atomic E-state index is -0.735. The van der Waals surface area contributed by atoms with Gasteiger partial charge in [-0.2, -0.15) is 0 Å². The fourth-order valence-electron chi connectivity index (χ4n) is 4.30. The predicted octanol–water partition coefficient (Wildman–Crippen LogP) is 4.56. The molecule has 1 amide bonds. The number of Topliss-reactive ketones (excluding diaryl/α,β-unsaturated/α-hetero) is 1. The summed E-state index contributed by atoms with van der Waals surface area (Å²) in [6, 6.07) is 11.9. The third kappa shape index (κ3) is 5.68. The molecule has 1 aliphatic rings. The predicted molar refractivity (Wildman–Crippen MR) is 137 cm³/mol. The molecule has 3 rings (SSSR count). The van der Waals surface area contributed by atoms with E-state index >= 15 is 0 Å². The zero-order valence-corrected chi connectivity index (χ0v) is 21.3. The lowest BCUT2D eigenvalue weighted by Crippen LogP contribution is -2.38. The van der Waals surface area contributed by atoms with Gasteiger partial charge in [0.1, 0.15) is 5.76 Å². The third-order valence-electron chi connectivity index (χ3n) is 6.38. The molecular formula is C28H36N2O5. The topological polar surface area (TPSA) is 79.3 Å². The van der Waals surface area contributed by atoms with Gasteiger partial charge < -0.3 is 24.4 Å². The standard InChI is InChI=1S/C28H36N2O5/c1-6-17-35-22-14-13-21(18-23(22)34-5)25-24(26(31)20-11-9-19(4)10-12-20)27(32)28(33)30(25)16-15-29(7-2)8-3/h9-14,18,25,31H,6-8,15-17H2,1-5H3/t25-/m1/s1. The number of likely N-dealkylation sites (tertiary alicyclic amines) is 1. The number of benzene rings is 2. The highest BCUT2D eigenvalue weighted by molar-refractivity contribution is 6.46. The molecule has 2 aromatic rings. The van der Waals surface area contributed by atoms with Crippen LogP contribution in [0.2, 0.25) is 0 Å². The molecule has 7 heteroatoms. The van der Waals surface area contributed by atoms with Crippen molar-refractivity contribution < 1.29 is 24.2 Å². The molecule has 1 N–H and O–H groups in total. The lowest BCUT2D eigenvalue weighted by Gasteiger charge is -2.28. The molecule has 35 heavy (non-hydrogen) atoms. The summed E-state index contributed by atoms with van der Waals surface area (Å²) in [5.74, 6) is -0.361. The average Bonchev–Trinajstić information content (AvgIpc) is 3.13. The monoisotopic (exact) mass is 480 g/mol. The van der Waals surface area contributed by atoms with Gasteiger partial charge in [0.15, 0.2) is 11.5 Å². The highest BCUT2D eigenvalue weighted by Crippen LogP contribution is 2.42. The molecule has 188 valence electrons. The van der Waals surface area contributed by atoms with Crippen molar-refractivity contribution >= 4 is 17.4 Å². The maximum absolute atomic E-state index is 13.2. The Labute approximate surface area is 207 Å². The number of carbonyl (C=O) groups excluding carboxylic acids is 2. The molecule has 7 nitrogen and oxygen atoms in total. The second kappa shape index (κ2) is 11.9. The molecule has 0 aromatic heterocycles. The lowest BCUT2D eigenvalue weighted by atomic mass is 9.94. The van der Waals surface area contributed by atoms with E-state index < -0.39 is 17.7 Å². The van der Waals surface area contributed by atoms with E-state index in [0.717, 1.165) is 25.1 Å². The quantitative estimate of drug-likeness (QED) is 0.289. The highest BCUT2D eigenvalue weighted by atomic mass is 16.5. The summed E-state index contributed by atoms with van der Waals surface area (Å²) in [6.07, 6.45) is 0.854. The van der Waals surface area contributed by atoms with Crippen molar-refractivity contribution in [1.29, 1.82) is 0 Å². The van der Waals surface area contributed by atoms with Gasteiger partial charge in [0.25, 0.3) is 11.7 Å². The molecule has 0 spiro atoms. The lowest BCUT2D eigenvalue weighted by molar-refractivity contribution is -0.140. The van der Waals surface area contributed by atoms with Crippen molar-refractivity contribution in [3.63, 3.8) is 0 Å². The normalized spacial score (nSPS) is 17.3. The van der Waals surface area contributed by atoms with Crippen LogP contribution in [-0.4, -0.2) is 66.5 Å². The SMILES string of the molecule is CCCOc1ccc([C@@H]2C(=C(O)c3ccc(C)cc3)C(=O)C(=O)N2CCN(CC)CC)cc1OC. The van der Waals surface area contributed by atoms with Gasteiger partial charge in [0.2, 0.25) is 0 Å². The molecule has 1 saturated heterocycles. The summed E-state index contributed by atoms with van der Waals surface area (Å²) < 4.78 is 11.3. The van der Waals surface area contributed by atoms with Crippen LogP contribution in [0.1, 0.15) is 49.9 Å². The second-order valence-corrected chi connectivity index (χ2v) is 8.64. The first kappa shape index (κ1) is 26.3. The van der Waals surface area contributed by atoms with Gasteiger partial charge in [-0.3, -0.25) is 9.59 Å². The van der Waals surface area contributed by atoms with Crippen LogP contribution in [0.5, 0.6) is 11.5 Å². The fourth-order valence-corrected chi connectivity index (χ4v) is 4.30. The van der Waals surface area contributed by atoms with Crippen LogP contribution < -0.4 is 9.47 Å². The molecule has 0 unspecified atom stereocenters. The number of aryl methyl sites for hydroxylation is 1. The van der Waals surface area contributed by atoms with Crippen LogP contribution >= 0.6 is 0 Å². The van der Waals surface area contributed by atoms with Crippen LogP contribution in [0.25, 0.3) is 5.76 Å². The van der Waals surface area contributed by atoms with E-state index in [9.17, 15) is 14.7 Å². The Morgan fingerprint density at radius 3 is 2.31 bits per heavy atom. The molecule has 0 aliphatic carbocycles. The molecular weight excluding hydrogens is 444 g/mol. The molecule has 0 saturated carbocycles. The zero-order valence-electron chi connectivity index (χ0n) is 21.3. The molecule has 1 atom stereocenters. The van der Waals surface area contributed by atoms with Crippen molar-refractivity contribution in [2.45, 2.75) is 40.2 Å². The van der Waals surface area contributed by atoms with Gasteiger partial charge in [0.05, 0.1) is 25.3 Å². The molecule has 1 fully saturated rings. The van der Waals surface area contributed by atoms with E-state index in [1.165, 1.54) is 0 Å². The summed E-state index contributed by atoms with van der Waals surface area (Å²) in [6.45, 7) is 11.3. The van der Waals surface area contributed by atoms with Gasteiger partial charge in [-0.25, -0.2) is 0 Å². The van der Waals surface area contributed by atoms with E-state index in [-0.39, 0.29) is 11.3 Å². The first-order valence-corrected chi connectivity index (χ1v) is 12.2. The summed E-state index contributed by atoms with van der Waals surface area (Å²) in [5.41, 5.74) is 2.29. The van der Waals surface area contributed by atoms with Gasteiger partial charge >= 0.3 is 0 Å². The van der Waals surface area contributed by atoms with Crippen molar-refractivity contribution in [1.82, 2.24) is 9.80 Å².